The van der Waals surface area contributed by atoms with Gasteiger partial charge in [-0.25, -0.2) is 4.79 Å². The summed E-state index contributed by atoms with van der Waals surface area (Å²) >= 11 is 0. The Labute approximate surface area is 250 Å². The smallest absolute Gasteiger partial charge is 0.416 e. The van der Waals surface area contributed by atoms with Crippen molar-refractivity contribution in [2.45, 2.75) is 25.7 Å². The standard InChI is InChI=1S/C35H26F3N3O3/c1-21(23-9-11-25(12-10-23)34(43)44)40-33(42)30-19-28(26-4-2-6-29(18-26)35(36,37)38)17-27-13-15-41(32(27)30)20-22-7-8-24-5-3-14-39-31(24)16-22/h2-19,21H,20H2,1H3,(H,40,42)(H,43,44)/t21-/m0/s1. The van der Waals surface area contributed by atoms with Gasteiger partial charge in [-0.1, -0.05) is 42.5 Å². The highest BCUT2D eigenvalue weighted by molar-refractivity contribution is 6.08. The molecule has 9 heteroatoms. The summed E-state index contributed by atoms with van der Waals surface area (Å²) in [4.78, 5) is 29.6. The van der Waals surface area contributed by atoms with Gasteiger partial charge in [0.15, 0.2) is 0 Å². The highest BCUT2D eigenvalue weighted by Crippen LogP contribution is 2.35. The maximum absolute atomic E-state index is 13.9. The number of amides is 1. The van der Waals surface area contributed by atoms with Crippen LogP contribution in [0.4, 0.5) is 13.2 Å². The summed E-state index contributed by atoms with van der Waals surface area (Å²) in [6, 6.07) is 25.8. The van der Waals surface area contributed by atoms with Crippen LogP contribution in [-0.2, 0) is 12.7 Å². The maximum atomic E-state index is 13.9. The van der Waals surface area contributed by atoms with Crippen molar-refractivity contribution in [3.05, 3.63) is 137 Å². The number of benzene rings is 4. The molecule has 2 heterocycles. The van der Waals surface area contributed by atoms with Crippen molar-refractivity contribution in [2.24, 2.45) is 0 Å². The van der Waals surface area contributed by atoms with Crippen molar-refractivity contribution in [3.63, 3.8) is 0 Å². The quantitative estimate of drug-likeness (QED) is 0.196. The highest BCUT2D eigenvalue weighted by atomic mass is 19.4. The van der Waals surface area contributed by atoms with E-state index >= 15 is 0 Å². The lowest BCUT2D eigenvalue weighted by Crippen LogP contribution is -2.27. The van der Waals surface area contributed by atoms with E-state index in [1.54, 1.807) is 43.5 Å². The molecule has 220 valence electrons. The van der Waals surface area contributed by atoms with E-state index in [2.05, 4.69) is 10.3 Å². The van der Waals surface area contributed by atoms with Crippen LogP contribution in [0.2, 0.25) is 0 Å². The van der Waals surface area contributed by atoms with Crippen LogP contribution in [0.5, 0.6) is 0 Å². The van der Waals surface area contributed by atoms with Crippen molar-refractivity contribution >= 4 is 33.7 Å². The molecule has 0 aliphatic heterocycles. The van der Waals surface area contributed by atoms with Gasteiger partial charge in [-0.2, -0.15) is 13.2 Å². The van der Waals surface area contributed by atoms with Gasteiger partial charge in [0.05, 0.1) is 33.8 Å². The van der Waals surface area contributed by atoms with Gasteiger partial charge >= 0.3 is 12.1 Å². The maximum Gasteiger partial charge on any atom is 0.416 e. The average Bonchev–Trinajstić information content (AvgIpc) is 3.42. The van der Waals surface area contributed by atoms with E-state index in [0.29, 0.717) is 39.7 Å². The minimum Gasteiger partial charge on any atom is -0.478 e. The third kappa shape index (κ3) is 5.76. The molecule has 2 N–H and O–H groups in total. The third-order valence-corrected chi connectivity index (χ3v) is 7.66. The fourth-order valence-corrected chi connectivity index (χ4v) is 5.38. The van der Waals surface area contributed by atoms with Crippen molar-refractivity contribution in [2.75, 3.05) is 0 Å². The van der Waals surface area contributed by atoms with Gasteiger partial charge in [-0.3, -0.25) is 9.78 Å². The Bertz CT molecular complexity index is 2030. The summed E-state index contributed by atoms with van der Waals surface area (Å²) in [6.45, 7) is 2.22. The van der Waals surface area contributed by atoms with Crippen molar-refractivity contribution in [1.29, 1.82) is 0 Å². The summed E-state index contributed by atoms with van der Waals surface area (Å²) in [5.74, 6) is -1.47. The van der Waals surface area contributed by atoms with Gasteiger partial charge in [-0.05, 0) is 83.8 Å². The van der Waals surface area contributed by atoms with Gasteiger partial charge in [0.25, 0.3) is 5.91 Å². The molecule has 0 radical (unpaired) electrons. The van der Waals surface area contributed by atoms with E-state index in [9.17, 15) is 27.9 Å². The molecule has 2 aromatic heterocycles. The minimum atomic E-state index is -4.51. The topological polar surface area (TPSA) is 84.2 Å². The number of carboxylic acids is 1. The molecule has 0 saturated carbocycles. The van der Waals surface area contributed by atoms with Crippen LogP contribution in [-0.4, -0.2) is 26.5 Å². The second kappa shape index (κ2) is 11.3. The molecular formula is C35H26F3N3O3. The lowest BCUT2D eigenvalue weighted by Gasteiger charge is -2.17. The van der Waals surface area contributed by atoms with Crippen molar-refractivity contribution < 1.29 is 27.9 Å². The lowest BCUT2D eigenvalue weighted by atomic mass is 9.98. The first-order valence-corrected chi connectivity index (χ1v) is 13.8. The Morgan fingerprint density at radius 3 is 2.43 bits per heavy atom. The number of pyridine rings is 1. The molecule has 1 atom stereocenters. The molecular weight excluding hydrogens is 567 g/mol. The second-order valence-corrected chi connectivity index (χ2v) is 10.6. The molecule has 0 aliphatic carbocycles. The first kappa shape index (κ1) is 28.7. The Kier molecular flexibility index (Phi) is 7.38. The normalized spacial score (nSPS) is 12.4. The molecule has 0 unspecified atom stereocenters. The van der Waals surface area contributed by atoms with Gasteiger partial charge in [0.1, 0.15) is 0 Å². The molecule has 6 aromatic rings. The number of hydrogen-bond acceptors (Lipinski definition) is 3. The second-order valence-electron chi connectivity index (χ2n) is 10.6. The van der Waals surface area contributed by atoms with E-state index in [-0.39, 0.29) is 5.56 Å². The van der Waals surface area contributed by atoms with Crippen LogP contribution in [0.15, 0.2) is 109 Å². The molecule has 6 nitrogen and oxygen atoms in total. The van der Waals surface area contributed by atoms with Gasteiger partial charge in [-0.15, -0.1) is 0 Å². The van der Waals surface area contributed by atoms with Crippen LogP contribution >= 0.6 is 0 Å². The van der Waals surface area contributed by atoms with Crippen molar-refractivity contribution in [3.8, 4) is 11.1 Å². The number of carboxylic acid groups (broad SMARTS) is 1. The zero-order valence-corrected chi connectivity index (χ0v) is 23.5. The Balaban J connectivity index is 1.42. The molecule has 1 amide bonds. The summed E-state index contributed by atoms with van der Waals surface area (Å²) in [5, 5.41) is 13.9. The number of nitrogens with one attached hydrogen (secondary N) is 1. The molecule has 0 spiro atoms. The molecule has 44 heavy (non-hydrogen) atoms. The minimum absolute atomic E-state index is 0.129. The van der Waals surface area contributed by atoms with Crippen LogP contribution in [0.3, 0.4) is 0 Å². The van der Waals surface area contributed by atoms with Crippen LogP contribution in [0.25, 0.3) is 32.9 Å². The molecule has 4 aromatic carbocycles. The first-order chi connectivity index (χ1) is 21.1. The number of carbonyl (C=O) groups excluding carboxylic acids is 1. The van der Waals surface area contributed by atoms with Gasteiger partial charge < -0.3 is 15.0 Å². The number of aromatic nitrogens is 2. The molecule has 6 rings (SSSR count). The zero-order chi connectivity index (χ0) is 31.0. The van der Waals surface area contributed by atoms with Crippen LogP contribution < -0.4 is 5.32 Å². The summed E-state index contributed by atoms with van der Waals surface area (Å²) in [5.41, 5.74) is 3.60. The number of hydrogen-bond donors (Lipinski definition) is 2. The van der Waals surface area contributed by atoms with Gasteiger partial charge in [0.2, 0.25) is 0 Å². The molecule has 0 saturated heterocycles. The Morgan fingerprint density at radius 2 is 1.68 bits per heavy atom. The van der Waals surface area contributed by atoms with Gasteiger partial charge in [0, 0.05) is 29.7 Å². The average molecular weight is 594 g/mol. The van der Waals surface area contributed by atoms with E-state index in [4.69, 9.17) is 0 Å². The summed E-state index contributed by atoms with van der Waals surface area (Å²) in [7, 11) is 0. The number of alkyl halides is 3. The molecule has 0 bridgehead atoms. The third-order valence-electron chi connectivity index (χ3n) is 7.66. The zero-order valence-electron chi connectivity index (χ0n) is 23.5. The molecule has 0 aliphatic rings. The number of nitrogens with zero attached hydrogens (tertiary/aromatic N) is 2. The number of aromatic carboxylic acids is 1. The summed E-state index contributed by atoms with van der Waals surface area (Å²) < 4.78 is 42.5. The Hall–Kier alpha value is -5.44. The van der Waals surface area contributed by atoms with Crippen molar-refractivity contribution in [1.82, 2.24) is 14.9 Å². The number of halogens is 3. The largest absolute Gasteiger partial charge is 0.478 e. The molecule has 0 fully saturated rings. The van der Waals surface area contributed by atoms with E-state index in [1.807, 2.05) is 47.2 Å². The van der Waals surface area contributed by atoms with E-state index in [1.165, 1.54) is 18.2 Å². The highest BCUT2D eigenvalue weighted by Gasteiger charge is 2.30. The summed E-state index contributed by atoms with van der Waals surface area (Å²) in [6.07, 6.45) is -0.927. The predicted octanol–water partition coefficient (Wildman–Crippen LogP) is 8.11. The predicted molar refractivity (Wildman–Crippen MR) is 163 cm³/mol. The monoisotopic (exact) mass is 593 g/mol. The fraction of sp³-hybridized carbons (Fsp3) is 0.114. The Morgan fingerprint density at radius 1 is 0.886 bits per heavy atom. The number of carbonyl (C=O) groups is 2. The SMILES string of the molecule is C[C@H](NC(=O)c1cc(-c2cccc(C(F)(F)F)c2)cc2ccn(Cc3ccc4cccnc4c3)c12)c1ccc(C(=O)O)cc1. The van der Waals surface area contributed by atoms with Crippen LogP contribution in [0.1, 0.15) is 50.4 Å². The van der Waals surface area contributed by atoms with Crippen LogP contribution in [0, 0.1) is 0 Å². The first-order valence-electron chi connectivity index (χ1n) is 13.8. The van der Waals surface area contributed by atoms with E-state index in [0.717, 1.165) is 28.6 Å². The van der Waals surface area contributed by atoms with E-state index < -0.39 is 29.7 Å². The fourth-order valence-electron chi connectivity index (χ4n) is 5.38. The lowest BCUT2D eigenvalue weighted by molar-refractivity contribution is -0.137. The number of fused-ring (bicyclic) bond motifs is 2. The number of rotatable bonds is 7.